The van der Waals surface area contributed by atoms with Crippen LogP contribution in [0.4, 0.5) is 4.39 Å². The van der Waals surface area contributed by atoms with E-state index in [4.69, 9.17) is 0 Å². The van der Waals surface area contributed by atoms with Gasteiger partial charge in [-0.1, -0.05) is 18.2 Å². The third-order valence-electron chi connectivity index (χ3n) is 2.57. The third kappa shape index (κ3) is 4.35. The molecule has 0 heterocycles. The SMILES string of the molecule is O=C(NCCSc1ccccc1)c1cc(F)ccc1Br. The van der Waals surface area contributed by atoms with E-state index in [1.807, 2.05) is 30.3 Å². The second kappa shape index (κ2) is 7.45. The highest BCUT2D eigenvalue weighted by Crippen LogP contribution is 2.18. The first-order chi connectivity index (χ1) is 9.66. The van der Waals surface area contributed by atoms with Crippen molar-refractivity contribution in [2.24, 2.45) is 0 Å². The van der Waals surface area contributed by atoms with E-state index in [0.29, 0.717) is 16.6 Å². The van der Waals surface area contributed by atoms with Gasteiger partial charge < -0.3 is 5.32 Å². The molecule has 0 spiro atoms. The first kappa shape index (κ1) is 15.1. The first-order valence-electron chi connectivity index (χ1n) is 6.08. The highest BCUT2D eigenvalue weighted by molar-refractivity contribution is 9.10. The molecule has 2 aromatic rings. The zero-order chi connectivity index (χ0) is 14.4. The largest absolute Gasteiger partial charge is 0.351 e. The second-order valence-electron chi connectivity index (χ2n) is 4.04. The molecule has 104 valence electrons. The van der Waals surface area contributed by atoms with Crippen LogP contribution in [0.25, 0.3) is 0 Å². The van der Waals surface area contributed by atoms with E-state index >= 15 is 0 Å². The summed E-state index contributed by atoms with van der Waals surface area (Å²) < 4.78 is 13.7. The molecule has 0 saturated heterocycles. The molecule has 2 aromatic carbocycles. The number of amides is 1. The molecule has 0 aliphatic carbocycles. The van der Waals surface area contributed by atoms with Crippen molar-refractivity contribution in [2.45, 2.75) is 4.90 Å². The Bertz CT molecular complexity index is 592. The van der Waals surface area contributed by atoms with Crippen molar-refractivity contribution in [3.05, 3.63) is 64.4 Å². The normalized spacial score (nSPS) is 10.3. The highest BCUT2D eigenvalue weighted by Gasteiger charge is 2.10. The van der Waals surface area contributed by atoms with Gasteiger partial charge >= 0.3 is 0 Å². The van der Waals surface area contributed by atoms with Gasteiger partial charge in [0.05, 0.1) is 5.56 Å². The number of carbonyl (C=O) groups is 1. The number of carbonyl (C=O) groups excluding carboxylic acids is 1. The number of hydrogen-bond donors (Lipinski definition) is 1. The number of nitrogens with one attached hydrogen (secondary N) is 1. The molecule has 0 aromatic heterocycles. The van der Waals surface area contributed by atoms with Crippen molar-refractivity contribution in [3.8, 4) is 0 Å². The van der Waals surface area contributed by atoms with Gasteiger partial charge in [0.2, 0.25) is 0 Å². The smallest absolute Gasteiger partial charge is 0.252 e. The van der Waals surface area contributed by atoms with Gasteiger partial charge in [0.25, 0.3) is 5.91 Å². The zero-order valence-corrected chi connectivity index (χ0v) is 13.0. The predicted octanol–water partition coefficient (Wildman–Crippen LogP) is 4.11. The minimum Gasteiger partial charge on any atom is -0.351 e. The first-order valence-corrected chi connectivity index (χ1v) is 7.86. The van der Waals surface area contributed by atoms with Crippen molar-refractivity contribution in [1.82, 2.24) is 5.32 Å². The van der Waals surface area contributed by atoms with Crippen molar-refractivity contribution >= 4 is 33.6 Å². The Labute approximate surface area is 129 Å². The van der Waals surface area contributed by atoms with E-state index in [2.05, 4.69) is 21.2 Å². The molecule has 1 amide bonds. The molecule has 0 aliphatic rings. The second-order valence-corrected chi connectivity index (χ2v) is 6.06. The van der Waals surface area contributed by atoms with Crippen LogP contribution in [0.3, 0.4) is 0 Å². The molecule has 5 heteroatoms. The highest BCUT2D eigenvalue weighted by atomic mass is 79.9. The van der Waals surface area contributed by atoms with Crippen molar-refractivity contribution in [2.75, 3.05) is 12.3 Å². The van der Waals surface area contributed by atoms with Gasteiger partial charge in [-0.15, -0.1) is 11.8 Å². The minimum atomic E-state index is -0.419. The fourth-order valence-electron chi connectivity index (χ4n) is 1.62. The Morgan fingerprint density at radius 1 is 1.20 bits per heavy atom. The lowest BCUT2D eigenvalue weighted by molar-refractivity contribution is 0.0955. The van der Waals surface area contributed by atoms with Gasteiger partial charge in [-0.25, -0.2) is 4.39 Å². The summed E-state index contributed by atoms with van der Waals surface area (Å²) in [4.78, 5) is 13.1. The van der Waals surface area contributed by atoms with Crippen LogP contribution in [0.5, 0.6) is 0 Å². The maximum absolute atomic E-state index is 13.1. The van der Waals surface area contributed by atoms with Crippen LogP contribution in [-0.4, -0.2) is 18.2 Å². The maximum Gasteiger partial charge on any atom is 0.252 e. The Balaban J connectivity index is 1.82. The third-order valence-corrected chi connectivity index (χ3v) is 4.28. The Morgan fingerprint density at radius 3 is 2.70 bits per heavy atom. The van der Waals surface area contributed by atoms with E-state index < -0.39 is 5.82 Å². The van der Waals surface area contributed by atoms with Crippen molar-refractivity contribution in [3.63, 3.8) is 0 Å². The van der Waals surface area contributed by atoms with Gasteiger partial charge in [0.15, 0.2) is 0 Å². The van der Waals surface area contributed by atoms with Crippen LogP contribution in [-0.2, 0) is 0 Å². The average Bonchev–Trinajstić information content (AvgIpc) is 2.47. The lowest BCUT2D eigenvalue weighted by atomic mass is 10.2. The molecule has 0 atom stereocenters. The zero-order valence-electron chi connectivity index (χ0n) is 10.6. The van der Waals surface area contributed by atoms with Crippen LogP contribution in [0, 0.1) is 5.82 Å². The van der Waals surface area contributed by atoms with Crippen LogP contribution >= 0.6 is 27.7 Å². The number of hydrogen-bond acceptors (Lipinski definition) is 2. The van der Waals surface area contributed by atoms with E-state index in [9.17, 15) is 9.18 Å². The molecule has 0 bridgehead atoms. The van der Waals surface area contributed by atoms with Crippen molar-refractivity contribution in [1.29, 1.82) is 0 Å². The molecule has 0 fully saturated rings. The summed E-state index contributed by atoms with van der Waals surface area (Å²) in [6, 6.07) is 14.0. The molecule has 20 heavy (non-hydrogen) atoms. The lowest BCUT2D eigenvalue weighted by Gasteiger charge is -2.07. The summed E-state index contributed by atoms with van der Waals surface area (Å²) in [5, 5.41) is 2.78. The molecule has 2 nitrogen and oxygen atoms in total. The Morgan fingerprint density at radius 2 is 1.95 bits per heavy atom. The van der Waals surface area contributed by atoms with Crippen LogP contribution < -0.4 is 5.32 Å². The molecular weight excluding hydrogens is 341 g/mol. The average molecular weight is 354 g/mol. The van der Waals surface area contributed by atoms with E-state index in [1.165, 1.54) is 18.2 Å². The molecule has 0 unspecified atom stereocenters. The Kier molecular flexibility index (Phi) is 5.61. The molecular formula is C15H13BrFNOS. The standard InChI is InChI=1S/C15H13BrFNOS/c16-14-7-6-11(17)10-13(14)15(19)18-8-9-20-12-4-2-1-3-5-12/h1-7,10H,8-9H2,(H,18,19). The summed E-state index contributed by atoms with van der Waals surface area (Å²) in [6.07, 6.45) is 0. The van der Waals surface area contributed by atoms with Gasteiger partial charge in [-0.05, 0) is 46.3 Å². The van der Waals surface area contributed by atoms with E-state index in [0.717, 1.165) is 10.6 Å². The maximum atomic E-state index is 13.1. The number of thioether (sulfide) groups is 1. The molecule has 1 N–H and O–H groups in total. The molecule has 0 radical (unpaired) electrons. The lowest BCUT2D eigenvalue weighted by Crippen LogP contribution is -2.26. The summed E-state index contributed by atoms with van der Waals surface area (Å²) in [7, 11) is 0. The van der Waals surface area contributed by atoms with Gasteiger partial charge in [0.1, 0.15) is 5.82 Å². The minimum absolute atomic E-state index is 0.273. The topological polar surface area (TPSA) is 29.1 Å². The number of halogens is 2. The summed E-state index contributed by atoms with van der Waals surface area (Å²) in [6.45, 7) is 0.529. The van der Waals surface area contributed by atoms with Crippen molar-refractivity contribution < 1.29 is 9.18 Å². The molecule has 0 saturated carbocycles. The summed E-state index contributed by atoms with van der Waals surface area (Å²) >= 11 is 4.91. The quantitative estimate of drug-likeness (QED) is 0.647. The Hall–Kier alpha value is -1.33. The fourth-order valence-corrected chi connectivity index (χ4v) is 2.83. The van der Waals surface area contributed by atoms with Gasteiger partial charge in [-0.3, -0.25) is 4.79 Å². The van der Waals surface area contributed by atoms with Crippen LogP contribution in [0.2, 0.25) is 0 Å². The summed E-state index contributed by atoms with van der Waals surface area (Å²) in [5.74, 6) is 0.0740. The monoisotopic (exact) mass is 353 g/mol. The predicted molar refractivity (Wildman–Crippen MR) is 83.6 cm³/mol. The van der Waals surface area contributed by atoms with Crippen LogP contribution in [0.15, 0.2) is 57.9 Å². The van der Waals surface area contributed by atoms with Gasteiger partial charge in [0, 0.05) is 21.7 Å². The van der Waals surface area contributed by atoms with E-state index in [1.54, 1.807) is 11.8 Å². The fraction of sp³-hybridized carbons (Fsp3) is 0.133. The van der Waals surface area contributed by atoms with E-state index in [-0.39, 0.29) is 5.91 Å². The number of rotatable bonds is 5. The molecule has 0 aliphatic heterocycles. The molecule has 2 rings (SSSR count). The number of benzene rings is 2. The van der Waals surface area contributed by atoms with Gasteiger partial charge in [-0.2, -0.15) is 0 Å². The summed E-state index contributed by atoms with van der Waals surface area (Å²) in [5.41, 5.74) is 0.315. The van der Waals surface area contributed by atoms with Crippen LogP contribution in [0.1, 0.15) is 10.4 Å².